The number of hydrogen-bond donors (Lipinski definition) is 1. The van der Waals surface area contributed by atoms with Crippen molar-refractivity contribution >= 4 is 40.6 Å². The van der Waals surface area contributed by atoms with E-state index in [4.69, 9.17) is 39.5 Å². The van der Waals surface area contributed by atoms with Crippen LogP contribution in [0.2, 0.25) is 15.1 Å². The zero-order chi connectivity index (χ0) is 14.7. The van der Waals surface area contributed by atoms with Crippen molar-refractivity contribution in [3.8, 4) is 17.0 Å². The van der Waals surface area contributed by atoms with Crippen molar-refractivity contribution in [2.75, 3.05) is 19.0 Å². The Balaban J connectivity index is 2.62. The summed E-state index contributed by atoms with van der Waals surface area (Å²) in [7, 11) is 1.59. The molecule has 0 radical (unpaired) electrons. The second-order valence-electron chi connectivity index (χ2n) is 4.02. The molecule has 106 valence electrons. The van der Waals surface area contributed by atoms with Crippen LogP contribution in [-0.2, 0) is 0 Å². The van der Waals surface area contributed by atoms with Crippen molar-refractivity contribution in [3.63, 3.8) is 0 Å². The number of aromatic nitrogens is 1. The number of rotatable bonds is 4. The van der Waals surface area contributed by atoms with E-state index < -0.39 is 0 Å². The van der Waals surface area contributed by atoms with E-state index in [0.29, 0.717) is 38.9 Å². The smallest absolute Gasteiger partial charge is 0.145 e. The number of pyridine rings is 1. The third-order valence-corrected chi connectivity index (χ3v) is 3.50. The van der Waals surface area contributed by atoms with Gasteiger partial charge in [0, 0.05) is 17.1 Å². The van der Waals surface area contributed by atoms with Gasteiger partial charge in [0.15, 0.2) is 0 Å². The van der Waals surface area contributed by atoms with E-state index in [1.807, 2.05) is 6.92 Å². The first-order valence-corrected chi connectivity index (χ1v) is 7.14. The number of methoxy groups -OCH3 is 1. The van der Waals surface area contributed by atoms with Gasteiger partial charge in [-0.3, -0.25) is 0 Å². The predicted molar refractivity (Wildman–Crippen MR) is 85.4 cm³/mol. The van der Waals surface area contributed by atoms with Gasteiger partial charge >= 0.3 is 0 Å². The number of ether oxygens (including phenoxy) is 1. The molecule has 1 heterocycles. The summed E-state index contributed by atoms with van der Waals surface area (Å²) in [5.41, 5.74) is 1.30. The quantitative estimate of drug-likeness (QED) is 0.841. The molecular formula is C14H13Cl3N2O. The molecule has 1 aromatic heterocycles. The second-order valence-corrected chi connectivity index (χ2v) is 5.28. The maximum Gasteiger partial charge on any atom is 0.145 e. The van der Waals surface area contributed by atoms with Crippen molar-refractivity contribution in [1.82, 2.24) is 4.98 Å². The summed E-state index contributed by atoms with van der Waals surface area (Å²) in [5.74, 6) is 1.23. The highest BCUT2D eigenvalue weighted by molar-refractivity contribution is 6.37. The van der Waals surface area contributed by atoms with Gasteiger partial charge in [0.05, 0.1) is 22.8 Å². The Morgan fingerprint density at radius 1 is 1.15 bits per heavy atom. The van der Waals surface area contributed by atoms with Crippen LogP contribution in [0.3, 0.4) is 0 Å². The first-order valence-electron chi connectivity index (χ1n) is 6.00. The number of benzene rings is 1. The largest absolute Gasteiger partial charge is 0.496 e. The number of hydrogen-bond acceptors (Lipinski definition) is 3. The lowest BCUT2D eigenvalue weighted by atomic mass is 10.1. The molecule has 0 atom stereocenters. The molecule has 0 aliphatic heterocycles. The summed E-state index contributed by atoms with van der Waals surface area (Å²) in [6, 6.07) is 6.94. The second kappa shape index (κ2) is 6.53. The standard InChI is InChI=1S/C14H13Cl3N2O/c1-3-18-14-11(17)7-10(16)13(19-14)9-6-8(15)4-5-12(9)20-2/h4-7H,3H2,1-2H3,(H,18,19). The molecule has 0 aliphatic carbocycles. The molecule has 2 aromatic rings. The van der Waals surface area contributed by atoms with Gasteiger partial charge in [-0.05, 0) is 31.2 Å². The number of anilines is 1. The maximum atomic E-state index is 6.24. The van der Waals surface area contributed by atoms with E-state index in [2.05, 4.69) is 10.3 Å². The van der Waals surface area contributed by atoms with E-state index >= 15 is 0 Å². The molecule has 6 heteroatoms. The molecule has 0 aliphatic rings. The van der Waals surface area contributed by atoms with Crippen molar-refractivity contribution in [3.05, 3.63) is 39.3 Å². The molecule has 2 rings (SSSR count). The zero-order valence-corrected chi connectivity index (χ0v) is 13.3. The fourth-order valence-electron chi connectivity index (χ4n) is 1.81. The zero-order valence-electron chi connectivity index (χ0n) is 11.0. The fourth-order valence-corrected chi connectivity index (χ4v) is 2.51. The number of halogens is 3. The third-order valence-electron chi connectivity index (χ3n) is 2.69. The van der Waals surface area contributed by atoms with Crippen LogP contribution in [0, 0.1) is 0 Å². The van der Waals surface area contributed by atoms with Crippen LogP contribution in [0.15, 0.2) is 24.3 Å². The SMILES string of the molecule is CCNc1nc(-c2cc(Cl)ccc2OC)c(Cl)cc1Cl. The van der Waals surface area contributed by atoms with E-state index in [1.54, 1.807) is 31.4 Å². The monoisotopic (exact) mass is 330 g/mol. The average Bonchev–Trinajstić information content (AvgIpc) is 2.42. The molecule has 3 nitrogen and oxygen atoms in total. The topological polar surface area (TPSA) is 34.2 Å². The van der Waals surface area contributed by atoms with Crippen molar-refractivity contribution in [2.45, 2.75) is 6.92 Å². The van der Waals surface area contributed by atoms with Crippen LogP contribution >= 0.6 is 34.8 Å². The number of nitrogens with zero attached hydrogens (tertiary/aromatic N) is 1. The lowest BCUT2D eigenvalue weighted by Crippen LogP contribution is -2.02. The van der Waals surface area contributed by atoms with Crippen LogP contribution in [-0.4, -0.2) is 18.6 Å². The Morgan fingerprint density at radius 3 is 2.55 bits per heavy atom. The summed E-state index contributed by atoms with van der Waals surface area (Å²) in [4.78, 5) is 4.47. The summed E-state index contributed by atoms with van der Waals surface area (Å²) in [6.07, 6.45) is 0. The van der Waals surface area contributed by atoms with E-state index in [1.165, 1.54) is 0 Å². The Bertz CT molecular complexity index is 632. The van der Waals surface area contributed by atoms with E-state index in [0.717, 1.165) is 5.56 Å². The van der Waals surface area contributed by atoms with Gasteiger partial charge in [-0.2, -0.15) is 0 Å². The Hall–Kier alpha value is -1.16. The minimum atomic E-state index is 0.442. The van der Waals surface area contributed by atoms with Gasteiger partial charge in [0.25, 0.3) is 0 Å². The first kappa shape index (κ1) is 15.2. The normalized spacial score (nSPS) is 10.4. The van der Waals surface area contributed by atoms with Crippen molar-refractivity contribution in [1.29, 1.82) is 0 Å². The number of nitrogens with one attached hydrogen (secondary N) is 1. The van der Waals surface area contributed by atoms with Gasteiger partial charge in [-0.25, -0.2) is 4.98 Å². The van der Waals surface area contributed by atoms with Crippen LogP contribution in [0.1, 0.15) is 6.92 Å². The highest BCUT2D eigenvalue weighted by Gasteiger charge is 2.15. The lowest BCUT2D eigenvalue weighted by Gasteiger charge is -2.13. The lowest BCUT2D eigenvalue weighted by molar-refractivity contribution is 0.416. The molecule has 0 unspecified atom stereocenters. The summed E-state index contributed by atoms with van der Waals surface area (Å²) >= 11 is 18.4. The minimum Gasteiger partial charge on any atom is -0.496 e. The summed E-state index contributed by atoms with van der Waals surface area (Å²) in [5, 5.41) is 4.59. The molecule has 20 heavy (non-hydrogen) atoms. The molecule has 0 amide bonds. The van der Waals surface area contributed by atoms with Crippen molar-refractivity contribution < 1.29 is 4.74 Å². The molecule has 1 N–H and O–H groups in total. The Morgan fingerprint density at radius 2 is 1.90 bits per heavy atom. The fraction of sp³-hybridized carbons (Fsp3) is 0.214. The van der Waals surface area contributed by atoms with Crippen LogP contribution in [0.5, 0.6) is 5.75 Å². The van der Waals surface area contributed by atoms with E-state index in [-0.39, 0.29) is 0 Å². The molecule has 1 aromatic carbocycles. The third kappa shape index (κ3) is 3.11. The highest BCUT2D eigenvalue weighted by Crippen LogP contribution is 2.38. The minimum absolute atomic E-state index is 0.442. The maximum absolute atomic E-state index is 6.24. The van der Waals surface area contributed by atoms with E-state index in [9.17, 15) is 0 Å². The van der Waals surface area contributed by atoms with Gasteiger partial charge in [-0.15, -0.1) is 0 Å². The molecular weight excluding hydrogens is 319 g/mol. The van der Waals surface area contributed by atoms with Crippen LogP contribution < -0.4 is 10.1 Å². The van der Waals surface area contributed by atoms with Crippen LogP contribution in [0.4, 0.5) is 5.82 Å². The van der Waals surface area contributed by atoms with Gasteiger partial charge in [-0.1, -0.05) is 34.8 Å². The molecule has 0 spiro atoms. The van der Waals surface area contributed by atoms with Gasteiger partial charge in [0.2, 0.25) is 0 Å². The molecule has 0 saturated heterocycles. The van der Waals surface area contributed by atoms with Crippen molar-refractivity contribution in [2.24, 2.45) is 0 Å². The molecule has 0 bridgehead atoms. The Kier molecular flexibility index (Phi) is 4.97. The summed E-state index contributed by atoms with van der Waals surface area (Å²) in [6.45, 7) is 2.67. The predicted octanol–water partition coefficient (Wildman–Crippen LogP) is 5.15. The average molecular weight is 332 g/mol. The first-order chi connectivity index (χ1) is 9.56. The van der Waals surface area contributed by atoms with Gasteiger partial charge < -0.3 is 10.1 Å². The highest BCUT2D eigenvalue weighted by atomic mass is 35.5. The van der Waals surface area contributed by atoms with Crippen LogP contribution in [0.25, 0.3) is 11.3 Å². The van der Waals surface area contributed by atoms with Gasteiger partial charge in [0.1, 0.15) is 11.6 Å². The Labute approximate surface area is 132 Å². The molecule has 0 saturated carbocycles. The molecule has 0 fully saturated rings. The summed E-state index contributed by atoms with van der Waals surface area (Å²) < 4.78 is 5.33.